The summed E-state index contributed by atoms with van der Waals surface area (Å²) in [6.45, 7) is 1.64. The third-order valence-corrected chi connectivity index (χ3v) is 4.19. The Morgan fingerprint density at radius 3 is 2.90 bits per heavy atom. The lowest BCUT2D eigenvalue weighted by Crippen LogP contribution is -1.99. The van der Waals surface area contributed by atoms with Gasteiger partial charge in [-0.05, 0) is 6.92 Å². The molecule has 2 aromatic heterocycles. The quantitative estimate of drug-likeness (QED) is 0.592. The summed E-state index contributed by atoms with van der Waals surface area (Å²) >= 11 is 1.03. The van der Waals surface area contributed by atoms with Crippen LogP contribution in [0.2, 0.25) is 0 Å². The predicted octanol–water partition coefficient (Wildman–Crippen LogP) is 2.98. The molecule has 1 aromatic carbocycles. The number of fused-ring (bicyclic) bond motifs is 1. The number of hydrogen-bond acceptors (Lipinski definition) is 5. The van der Waals surface area contributed by atoms with Crippen molar-refractivity contribution in [3.05, 3.63) is 51.1 Å². The molecule has 0 radical (unpaired) electrons. The normalized spacial score (nSPS) is 10.9. The summed E-state index contributed by atoms with van der Waals surface area (Å²) < 4.78 is 1.63. The topological polar surface area (TPSA) is 97.7 Å². The Kier molecular flexibility index (Phi) is 2.95. The molecule has 8 heteroatoms. The smallest absolute Gasteiger partial charge is 0.348 e. The standard InChI is InChI=1S/C13H9N3O4S/c1-7-2-3-8(6-9(7)16(19)20)10-11(12(17)18)21-13-14-4-5-15(10)13/h2-6H,1H3,(H,17,18). The van der Waals surface area contributed by atoms with Crippen molar-refractivity contribution >= 4 is 28.0 Å². The fraction of sp³-hybridized carbons (Fsp3) is 0.0769. The van der Waals surface area contributed by atoms with Gasteiger partial charge in [0.15, 0.2) is 4.96 Å². The molecular weight excluding hydrogens is 294 g/mol. The molecule has 21 heavy (non-hydrogen) atoms. The van der Waals surface area contributed by atoms with E-state index in [1.807, 2.05) is 0 Å². The van der Waals surface area contributed by atoms with Crippen LogP contribution in [-0.2, 0) is 0 Å². The molecule has 0 amide bonds. The first kappa shape index (κ1) is 13.3. The van der Waals surface area contributed by atoms with Gasteiger partial charge in [-0.2, -0.15) is 0 Å². The zero-order valence-electron chi connectivity index (χ0n) is 10.8. The maximum absolute atomic E-state index is 11.4. The van der Waals surface area contributed by atoms with Gasteiger partial charge in [0, 0.05) is 29.6 Å². The van der Waals surface area contributed by atoms with E-state index in [0.29, 0.717) is 21.8 Å². The Hall–Kier alpha value is -2.74. The first-order chi connectivity index (χ1) is 9.99. The van der Waals surface area contributed by atoms with Gasteiger partial charge in [0.2, 0.25) is 0 Å². The van der Waals surface area contributed by atoms with Crippen LogP contribution in [0, 0.1) is 17.0 Å². The highest BCUT2D eigenvalue weighted by molar-refractivity contribution is 7.19. The molecule has 0 atom stereocenters. The minimum absolute atomic E-state index is 0.0386. The van der Waals surface area contributed by atoms with Gasteiger partial charge in [-0.15, -0.1) is 0 Å². The van der Waals surface area contributed by atoms with E-state index in [1.54, 1.807) is 35.9 Å². The molecule has 2 heterocycles. The van der Waals surface area contributed by atoms with Gasteiger partial charge in [-0.1, -0.05) is 23.5 Å². The number of rotatable bonds is 3. The van der Waals surface area contributed by atoms with Crippen LogP contribution in [0.1, 0.15) is 15.2 Å². The van der Waals surface area contributed by atoms with Gasteiger partial charge < -0.3 is 5.11 Å². The molecular formula is C13H9N3O4S. The second kappa shape index (κ2) is 4.67. The maximum Gasteiger partial charge on any atom is 0.348 e. The molecule has 1 N–H and O–H groups in total. The zero-order valence-corrected chi connectivity index (χ0v) is 11.6. The number of hydrogen-bond donors (Lipinski definition) is 1. The van der Waals surface area contributed by atoms with E-state index < -0.39 is 10.9 Å². The second-order valence-corrected chi connectivity index (χ2v) is 5.40. The SMILES string of the molecule is Cc1ccc(-c2c(C(=O)O)sc3nccn23)cc1[N+](=O)[O-]. The third kappa shape index (κ3) is 2.05. The minimum atomic E-state index is -1.08. The first-order valence-corrected chi connectivity index (χ1v) is 6.75. The van der Waals surface area contributed by atoms with Crippen molar-refractivity contribution in [1.82, 2.24) is 9.38 Å². The molecule has 0 spiro atoms. The van der Waals surface area contributed by atoms with Crippen LogP contribution in [0.3, 0.4) is 0 Å². The maximum atomic E-state index is 11.4. The van der Waals surface area contributed by atoms with Crippen LogP contribution in [0.5, 0.6) is 0 Å². The van der Waals surface area contributed by atoms with Crippen molar-refractivity contribution in [3.8, 4) is 11.3 Å². The van der Waals surface area contributed by atoms with Crippen LogP contribution in [0.25, 0.3) is 16.2 Å². The first-order valence-electron chi connectivity index (χ1n) is 5.93. The molecule has 0 aliphatic rings. The third-order valence-electron chi connectivity index (χ3n) is 3.13. The van der Waals surface area contributed by atoms with Crippen molar-refractivity contribution in [2.45, 2.75) is 6.92 Å². The molecule has 0 unspecified atom stereocenters. The number of carboxylic acid groups (broad SMARTS) is 1. The van der Waals surface area contributed by atoms with E-state index in [4.69, 9.17) is 0 Å². The summed E-state index contributed by atoms with van der Waals surface area (Å²) in [7, 11) is 0. The summed E-state index contributed by atoms with van der Waals surface area (Å²) in [5.41, 5.74) is 1.37. The van der Waals surface area contributed by atoms with E-state index in [2.05, 4.69) is 4.98 Å². The van der Waals surface area contributed by atoms with Gasteiger partial charge in [-0.3, -0.25) is 14.5 Å². The average Bonchev–Trinajstić information content (AvgIpc) is 2.99. The van der Waals surface area contributed by atoms with Crippen molar-refractivity contribution < 1.29 is 14.8 Å². The number of nitro groups is 1. The number of imidazole rings is 1. The Balaban J connectivity index is 2.31. The summed E-state index contributed by atoms with van der Waals surface area (Å²) in [5.74, 6) is -1.08. The summed E-state index contributed by atoms with van der Waals surface area (Å²) in [4.78, 5) is 26.7. The number of benzene rings is 1. The van der Waals surface area contributed by atoms with Crippen molar-refractivity contribution in [2.24, 2.45) is 0 Å². The lowest BCUT2D eigenvalue weighted by atomic mass is 10.1. The van der Waals surface area contributed by atoms with E-state index >= 15 is 0 Å². The molecule has 106 valence electrons. The van der Waals surface area contributed by atoms with Gasteiger partial charge in [0.1, 0.15) is 4.88 Å². The zero-order chi connectivity index (χ0) is 15.1. The van der Waals surface area contributed by atoms with Crippen molar-refractivity contribution in [1.29, 1.82) is 0 Å². The van der Waals surface area contributed by atoms with E-state index in [-0.39, 0.29) is 10.6 Å². The molecule has 0 aliphatic carbocycles. The van der Waals surface area contributed by atoms with E-state index in [1.165, 1.54) is 6.07 Å². The second-order valence-electron chi connectivity index (χ2n) is 4.42. The molecule has 0 aliphatic heterocycles. The number of nitro benzene ring substituents is 1. The molecule has 0 bridgehead atoms. The number of thiazole rings is 1. The highest BCUT2D eigenvalue weighted by Gasteiger charge is 2.22. The average molecular weight is 303 g/mol. The number of aromatic carboxylic acids is 1. The molecule has 0 fully saturated rings. The van der Waals surface area contributed by atoms with Crippen LogP contribution < -0.4 is 0 Å². The van der Waals surface area contributed by atoms with Gasteiger partial charge in [0.05, 0.1) is 10.6 Å². The van der Waals surface area contributed by atoms with Gasteiger partial charge in [0.25, 0.3) is 5.69 Å². The van der Waals surface area contributed by atoms with Crippen molar-refractivity contribution in [2.75, 3.05) is 0 Å². The number of aromatic nitrogens is 2. The largest absolute Gasteiger partial charge is 0.477 e. The fourth-order valence-corrected chi connectivity index (χ4v) is 3.10. The number of carbonyl (C=O) groups is 1. The Morgan fingerprint density at radius 2 is 2.24 bits per heavy atom. The van der Waals surface area contributed by atoms with Crippen LogP contribution in [-0.4, -0.2) is 25.4 Å². The van der Waals surface area contributed by atoms with Crippen LogP contribution in [0.4, 0.5) is 5.69 Å². The molecule has 3 rings (SSSR count). The number of aryl methyl sites for hydroxylation is 1. The lowest BCUT2D eigenvalue weighted by Gasteiger charge is -2.04. The Morgan fingerprint density at radius 1 is 1.48 bits per heavy atom. The highest BCUT2D eigenvalue weighted by atomic mass is 32.1. The van der Waals surface area contributed by atoms with Gasteiger partial charge in [-0.25, -0.2) is 9.78 Å². The van der Waals surface area contributed by atoms with Gasteiger partial charge >= 0.3 is 5.97 Å². The monoisotopic (exact) mass is 303 g/mol. The van der Waals surface area contributed by atoms with E-state index in [9.17, 15) is 20.0 Å². The molecule has 7 nitrogen and oxygen atoms in total. The van der Waals surface area contributed by atoms with E-state index in [0.717, 1.165) is 11.3 Å². The number of carboxylic acids is 1. The van der Waals surface area contributed by atoms with Crippen LogP contribution >= 0.6 is 11.3 Å². The molecule has 0 saturated carbocycles. The summed E-state index contributed by atoms with van der Waals surface area (Å²) in [6, 6.07) is 4.68. The van der Waals surface area contributed by atoms with Crippen molar-refractivity contribution in [3.63, 3.8) is 0 Å². The predicted molar refractivity (Wildman–Crippen MR) is 76.9 cm³/mol. The summed E-state index contributed by atoms with van der Waals surface area (Å²) in [5, 5.41) is 20.4. The molecule has 0 saturated heterocycles. The molecule has 3 aromatic rings. The number of nitrogens with zero attached hydrogens (tertiary/aromatic N) is 3. The van der Waals surface area contributed by atoms with Crippen LogP contribution in [0.15, 0.2) is 30.6 Å². The highest BCUT2D eigenvalue weighted by Crippen LogP contribution is 2.34. The summed E-state index contributed by atoms with van der Waals surface area (Å²) in [6.07, 6.45) is 3.20. The Labute approximate surface area is 122 Å². The minimum Gasteiger partial charge on any atom is -0.477 e. The fourth-order valence-electron chi connectivity index (χ4n) is 2.15. The lowest BCUT2D eigenvalue weighted by molar-refractivity contribution is -0.385. The Bertz CT molecular complexity index is 881.